The molecular formula is C26H32N2O3. The molecule has 2 saturated heterocycles. The summed E-state index contributed by atoms with van der Waals surface area (Å²) in [5.41, 5.74) is 2.82. The van der Waals surface area contributed by atoms with Crippen LogP contribution in [0.2, 0.25) is 0 Å². The maximum atomic E-state index is 13.3. The van der Waals surface area contributed by atoms with Gasteiger partial charge in [0.1, 0.15) is 6.10 Å². The summed E-state index contributed by atoms with van der Waals surface area (Å²) in [5, 5.41) is 3.04. The standard InChI is InChI=1S/C26H32N2O3/c1-2-27-25(30)26(14-8-15-28(19-26)24(29)23-13-7-16-31-23)18-20-9-6-12-22(17-20)21-10-4-3-5-11-21/h3-6,9-12,17,23H,2,7-8,13-16,18-19H2,1H3,(H,27,30). The van der Waals surface area contributed by atoms with E-state index in [4.69, 9.17) is 4.74 Å². The van der Waals surface area contributed by atoms with E-state index < -0.39 is 5.41 Å². The zero-order valence-electron chi connectivity index (χ0n) is 18.3. The third-order valence-electron chi connectivity index (χ3n) is 6.49. The van der Waals surface area contributed by atoms with Crippen LogP contribution in [0.4, 0.5) is 0 Å². The minimum atomic E-state index is -0.613. The number of benzene rings is 2. The lowest BCUT2D eigenvalue weighted by Crippen LogP contribution is -2.56. The normalized spacial score (nSPS) is 23.5. The fourth-order valence-electron chi connectivity index (χ4n) is 4.94. The highest BCUT2D eigenvalue weighted by Gasteiger charge is 2.44. The Hall–Kier alpha value is -2.66. The van der Waals surface area contributed by atoms with Crippen molar-refractivity contribution in [1.29, 1.82) is 0 Å². The fourth-order valence-corrected chi connectivity index (χ4v) is 4.94. The first-order valence-corrected chi connectivity index (χ1v) is 11.4. The van der Waals surface area contributed by atoms with Crippen molar-refractivity contribution in [3.63, 3.8) is 0 Å². The zero-order valence-corrected chi connectivity index (χ0v) is 18.3. The molecule has 4 rings (SSSR count). The van der Waals surface area contributed by atoms with Crippen molar-refractivity contribution in [2.45, 2.75) is 45.1 Å². The smallest absolute Gasteiger partial charge is 0.251 e. The molecule has 2 amide bonds. The minimum Gasteiger partial charge on any atom is -0.368 e. The highest BCUT2D eigenvalue weighted by atomic mass is 16.5. The first-order valence-electron chi connectivity index (χ1n) is 11.4. The molecule has 0 aromatic heterocycles. The lowest BCUT2D eigenvalue weighted by atomic mass is 9.73. The SMILES string of the molecule is CCNC(=O)C1(Cc2cccc(-c3ccccc3)c2)CCCN(C(=O)C2CCCO2)C1. The van der Waals surface area contributed by atoms with Gasteiger partial charge in [0, 0.05) is 26.2 Å². The van der Waals surface area contributed by atoms with Gasteiger partial charge in [-0.25, -0.2) is 0 Å². The van der Waals surface area contributed by atoms with E-state index in [0.717, 1.165) is 42.4 Å². The lowest BCUT2D eigenvalue weighted by Gasteiger charge is -2.42. The van der Waals surface area contributed by atoms with Crippen molar-refractivity contribution in [2.24, 2.45) is 5.41 Å². The van der Waals surface area contributed by atoms with Crippen molar-refractivity contribution in [3.05, 3.63) is 60.2 Å². The molecule has 2 aromatic rings. The molecule has 0 saturated carbocycles. The van der Waals surface area contributed by atoms with Gasteiger partial charge in [0.05, 0.1) is 5.41 Å². The molecule has 2 atom stereocenters. The minimum absolute atomic E-state index is 0.0453. The third-order valence-corrected chi connectivity index (χ3v) is 6.49. The van der Waals surface area contributed by atoms with E-state index in [-0.39, 0.29) is 17.9 Å². The van der Waals surface area contributed by atoms with Crippen molar-refractivity contribution in [3.8, 4) is 11.1 Å². The summed E-state index contributed by atoms with van der Waals surface area (Å²) < 4.78 is 5.64. The highest BCUT2D eigenvalue weighted by molar-refractivity contribution is 5.86. The van der Waals surface area contributed by atoms with Crippen LogP contribution >= 0.6 is 0 Å². The summed E-state index contributed by atoms with van der Waals surface area (Å²) in [4.78, 5) is 28.2. The van der Waals surface area contributed by atoms with Gasteiger partial charge in [-0.15, -0.1) is 0 Å². The lowest BCUT2D eigenvalue weighted by molar-refractivity contribution is -0.148. The Bertz CT molecular complexity index is 908. The Balaban J connectivity index is 1.59. The van der Waals surface area contributed by atoms with Gasteiger partial charge in [0.25, 0.3) is 5.91 Å². The molecular weight excluding hydrogens is 388 g/mol. The van der Waals surface area contributed by atoms with Crippen LogP contribution in [0.25, 0.3) is 11.1 Å². The average molecular weight is 421 g/mol. The summed E-state index contributed by atoms with van der Waals surface area (Å²) in [5.74, 6) is 0.0915. The van der Waals surface area contributed by atoms with Crippen molar-refractivity contribution in [1.82, 2.24) is 10.2 Å². The summed E-state index contributed by atoms with van der Waals surface area (Å²) in [6.07, 6.45) is 3.60. The van der Waals surface area contributed by atoms with Gasteiger partial charge >= 0.3 is 0 Å². The average Bonchev–Trinajstić information content (AvgIpc) is 3.35. The predicted molar refractivity (Wildman–Crippen MR) is 121 cm³/mol. The maximum absolute atomic E-state index is 13.3. The molecule has 0 bridgehead atoms. The molecule has 0 aliphatic carbocycles. The van der Waals surface area contributed by atoms with Gasteiger partial charge in [0.15, 0.2) is 0 Å². The largest absolute Gasteiger partial charge is 0.368 e. The molecule has 2 fully saturated rings. The van der Waals surface area contributed by atoms with Gasteiger partial charge in [0.2, 0.25) is 5.91 Å². The number of carbonyl (C=O) groups excluding carboxylic acids is 2. The highest BCUT2D eigenvalue weighted by Crippen LogP contribution is 2.36. The van der Waals surface area contributed by atoms with E-state index in [1.807, 2.05) is 30.0 Å². The van der Waals surface area contributed by atoms with Gasteiger partial charge in [-0.3, -0.25) is 9.59 Å². The molecule has 2 heterocycles. The van der Waals surface area contributed by atoms with Gasteiger partial charge in [-0.1, -0.05) is 54.6 Å². The molecule has 0 radical (unpaired) electrons. The number of piperidine rings is 1. The summed E-state index contributed by atoms with van der Waals surface area (Å²) in [6, 6.07) is 18.7. The summed E-state index contributed by atoms with van der Waals surface area (Å²) in [7, 11) is 0. The van der Waals surface area contributed by atoms with Crippen LogP contribution in [0.1, 0.15) is 38.2 Å². The van der Waals surface area contributed by atoms with Gasteiger partial charge < -0.3 is 15.0 Å². The number of nitrogens with zero attached hydrogens (tertiary/aromatic N) is 1. The van der Waals surface area contributed by atoms with E-state index in [2.05, 4.69) is 41.7 Å². The molecule has 31 heavy (non-hydrogen) atoms. The Labute approximate surface area is 184 Å². The monoisotopic (exact) mass is 420 g/mol. The fraction of sp³-hybridized carbons (Fsp3) is 0.462. The predicted octanol–water partition coefficient (Wildman–Crippen LogP) is 3.82. The number of ether oxygens (including phenoxy) is 1. The number of rotatable bonds is 6. The molecule has 2 aliphatic heterocycles. The zero-order chi connectivity index (χ0) is 21.7. The second-order valence-electron chi connectivity index (χ2n) is 8.75. The van der Waals surface area contributed by atoms with Crippen LogP contribution in [0.5, 0.6) is 0 Å². The molecule has 5 nitrogen and oxygen atoms in total. The van der Waals surface area contributed by atoms with E-state index in [0.29, 0.717) is 32.7 Å². The van der Waals surface area contributed by atoms with Crippen LogP contribution in [-0.2, 0) is 20.7 Å². The number of hydrogen-bond acceptors (Lipinski definition) is 3. The summed E-state index contributed by atoms with van der Waals surface area (Å²) in [6.45, 7) is 4.33. The number of likely N-dealkylation sites (tertiary alicyclic amines) is 1. The first kappa shape index (κ1) is 21.6. The van der Waals surface area contributed by atoms with Gasteiger partial charge in [-0.2, -0.15) is 0 Å². The molecule has 164 valence electrons. The molecule has 2 aromatic carbocycles. The number of hydrogen-bond donors (Lipinski definition) is 1. The summed E-state index contributed by atoms with van der Waals surface area (Å²) >= 11 is 0. The van der Waals surface area contributed by atoms with Crippen LogP contribution in [0.3, 0.4) is 0 Å². The van der Waals surface area contributed by atoms with Crippen molar-refractivity contribution >= 4 is 11.8 Å². The molecule has 0 spiro atoms. The Morgan fingerprint density at radius 3 is 2.65 bits per heavy atom. The van der Waals surface area contributed by atoms with E-state index >= 15 is 0 Å². The van der Waals surface area contributed by atoms with Crippen LogP contribution in [0.15, 0.2) is 54.6 Å². The second-order valence-corrected chi connectivity index (χ2v) is 8.75. The van der Waals surface area contributed by atoms with Gasteiger partial charge in [-0.05, 0) is 55.7 Å². The van der Waals surface area contributed by atoms with Crippen LogP contribution in [-0.4, -0.2) is 49.1 Å². The molecule has 2 unspecified atom stereocenters. The quantitative estimate of drug-likeness (QED) is 0.773. The van der Waals surface area contributed by atoms with E-state index in [1.165, 1.54) is 0 Å². The molecule has 1 N–H and O–H groups in total. The molecule has 5 heteroatoms. The van der Waals surface area contributed by atoms with E-state index in [9.17, 15) is 9.59 Å². The van der Waals surface area contributed by atoms with Crippen LogP contribution in [0, 0.1) is 5.41 Å². The molecule has 2 aliphatic rings. The first-order chi connectivity index (χ1) is 15.1. The van der Waals surface area contributed by atoms with Crippen molar-refractivity contribution < 1.29 is 14.3 Å². The van der Waals surface area contributed by atoms with E-state index in [1.54, 1.807) is 0 Å². The van der Waals surface area contributed by atoms with Crippen LogP contribution < -0.4 is 5.32 Å². The number of amides is 2. The number of carbonyl (C=O) groups is 2. The maximum Gasteiger partial charge on any atom is 0.251 e. The Morgan fingerprint density at radius 2 is 1.90 bits per heavy atom. The Kier molecular flexibility index (Phi) is 6.71. The number of nitrogens with one attached hydrogen (secondary N) is 1. The second kappa shape index (κ2) is 9.65. The third kappa shape index (κ3) is 4.82. The van der Waals surface area contributed by atoms with Crippen molar-refractivity contribution in [2.75, 3.05) is 26.2 Å². The Morgan fingerprint density at radius 1 is 1.10 bits per heavy atom. The topological polar surface area (TPSA) is 58.6 Å².